The fourth-order valence-electron chi connectivity index (χ4n) is 12.2. The lowest BCUT2D eigenvalue weighted by molar-refractivity contribution is -0.404. The molecule has 30 atom stereocenters. The van der Waals surface area contributed by atoms with Gasteiger partial charge in [-0.3, -0.25) is 0 Å². The maximum absolute atomic E-state index is 13.1. The average Bonchev–Trinajstić information content (AvgIpc) is 0.764. The molecule has 0 saturated carbocycles. The van der Waals surface area contributed by atoms with Crippen LogP contribution < -0.4 is 0 Å². The van der Waals surface area contributed by atoms with Crippen molar-refractivity contribution >= 4 is 49.9 Å². The van der Waals surface area contributed by atoms with Gasteiger partial charge in [0.25, 0.3) is 0 Å². The third kappa shape index (κ3) is 22.6. The molecule has 16 fully saturated rings. The van der Waals surface area contributed by atoms with Gasteiger partial charge in [-0.05, 0) is 109 Å². The molecule has 0 aromatic carbocycles. The predicted molar refractivity (Wildman–Crippen MR) is 426 cm³/mol. The van der Waals surface area contributed by atoms with Gasteiger partial charge in [0, 0.05) is 0 Å². The van der Waals surface area contributed by atoms with E-state index in [-0.39, 0.29) is 76.5 Å². The van der Waals surface area contributed by atoms with E-state index in [4.69, 9.17) is 88.1 Å². The van der Waals surface area contributed by atoms with Gasteiger partial charge < -0.3 is 144 Å². The van der Waals surface area contributed by atoms with Crippen molar-refractivity contribution in [1.29, 1.82) is 0 Å². The van der Waals surface area contributed by atoms with Crippen molar-refractivity contribution in [3.63, 3.8) is 0 Å². The minimum absolute atomic E-state index is 0.219. The van der Waals surface area contributed by atoms with E-state index in [2.05, 4.69) is 6.58 Å². The lowest BCUT2D eigenvalue weighted by Crippen LogP contribution is -2.69. The summed E-state index contributed by atoms with van der Waals surface area (Å²) in [6.45, 7) is 62.2. The molecule has 0 spiro atoms. The van der Waals surface area contributed by atoms with Crippen LogP contribution in [-0.4, -0.2) is 337 Å². The predicted octanol–water partition coefficient (Wildman–Crippen LogP) is 6.33. The first-order valence-corrected chi connectivity index (χ1v) is 57.2. The van der Waals surface area contributed by atoms with Gasteiger partial charge in [-0.2, -0.15) is 0 Å². The van der Waals surface area contributed by atoms with Gasteiger partial charge >= 0.3 is 0 Å². The summed E-state index contributed by atoms with van der Waals surface area (Å²) in [6, 6.07) is 0. The van der Waals surface area contributed by atoms with E-state index in [0.717, 1.165) is 0 Å². The second-order valence-electron chi connectivity index (χ2n) is 40.8. The van der Waals surface area contributed by atoms with Crippen molar-refractivity contribution in [2.24, 2.45) is 0 Å². The van der Waals surface area contributed by atoms with Gasteiger partial charge in [0.05, 0.1) is 46.2 Å². The first-order valence-electron chi connectivity index (χ1n) is 39.7. The fourth-order valence-corrected chi connectivity index (χ4v) is 18.3. The molecule has 12 bridgehead atoms. The van der Waals surface area contributed by atoms with Crippen molar-refractivity contribution < 1.29 is 144 Å². The Bertz CT molecular complexity index is 2940. The summed E-state index contributed by atoms with van der Waals surface area (Å²) < 4.78 is 128. The third-order valence-electron chi connectivity index (χ3n) is 26.5. The van der Waals surface area contributed by atoms with E-state index in [0.29, 0.717) is 0 Å². The van der Waals surface area contributed by atoms with E-state index in [1.54, 1.807) is 0 Å². The van der Waals surface area contributed by atoms with E-state index in [1.807, 2.05) is 203 Å². The van der Waals surface area contributed by atoms with Crippen molar-refractivity contribution in [2.45, 2.75) is 418 Å². The maximum Gasteiger partial charge on any atom is 0.192 e. The minimum Gasteiger partial charge on any atom is -0.414 e. The normalized spacial score (nSPS) is 39.7. The Balaban J connectivity index is 1.44. The van der Waals surface area contributed by atoms with Gasteiger partial charge in [0.15, 0.2) is 87.6 Å². The smallest absolute Gasteiger partial charge is 0.192 e. The molecule has 16 aliphatic rings. The summed E-state index contributed by atoms with van der Waals surface area (Å²) in [7, 11) is -16.5. The van der Waals surface area contributed by atoms with E-state index < -0.39 is 234 Å². The number of aliphatic hydroxyl groups excluding tert-OH is 11. The molecule has 0 radical (unpaired) electrons. The molecule has 11 N–H and O–H groups in total. The van der Waals surface area contributed by atoms with Gasteiger partial charge in [-0.1, -0.05) is 131 Å². The quantitative estimate of drug-likeness (QED) is 0.0441. The first-order chi connectivity index (χ1) is 50.3. The zero-order chi connectivity index (χ0) is 84.4. The first kappa shape index (κ1) is 98.0. The largest absolute Gasteiger partial charge is 0.414 e. The lowest BCUT2D eigenvalue weighted by Gasteiger charge is -2.52. The SMILES string of the molecule is C=CCO[C@H]1[C@H]2O[C@H]3[C@H](O)[C@@H](O)[C@@H](O[C@H]4[C@H](O)[C@@H](O)[C@@H](O[C@H]5[C@H](O)[C@@H](O)[C@@H](O[C@H]6[C@H](O)[C@@H](O)[C@@H](O[C@H]7[C@H](O)[C@@H](O)[C@@H](O[C@@H]([C@@H]1O)[C@@H](CO[Si](C)(C)C(C)(C)C)O2)O[C@@H]7CO[Si](C)(C)C(C)(C)C)O[C@@H]6CO[Si](C)(C)C(C)(C)C)O[C@@H]5CO[Si](C)(C)C(C)(C)C)O[C@@H]4CO[Si](C)(C)C(C)(C)C)O[C@@H]3CO[Si](C)(C)C(C)(C)C. The highest BCUT2D eigenvalue weighted by molar-refractivity contribution is 6.76. The van der Waals surface area contributed by atoms with Crippen LogP contribution in [0.15, 0.2) is 12.7 Å². The Morgan fingerprint density at radius 2 is 0.396 bits per heavy atom. The van der Waals surface area contributed by atoms with Crippen molar-refractivity contribution in [2.75, 3.05) is 46.2 Å². The lowest BCUT2D eigenvalue weighted by atomic mass is 9.94. The summed E-state index contributed by atoms with van der Waals surface area (Å²) in [5, 5.41) is 137. The monoisotopic (exact) mass is 1700 g/mol. The average molecular weight is 1700 g/mol. The maximum atomic E-state index is 13.1. The molecule has 0 unspecified atom stereocenters. The van der Waals surface area contributed by atoms with Gasteiger partial charge in [0.2, 0.25) is 0 Å². The molecule has 30 nitrogen and oxygen atoms in total. The minimum atomic E-state index is -2.75. The highest BCUT2D eigenvalue weighted by atomic mass is 28.4. The molecule has 0 amide bonds. The van der Waals surface area contributed by atoms with Gasteiger partial charge in [-0.15, -0.1) is 6.58 Å². The van der Waals surface area contributed by atoms with Crippen LogP contribution in [-0.2, 0) is 88.1 Å². The Labute approximate surface area is 667 Å². The summed E-state index contributed by atoms with van der Waals surface area (Å²) in [6.07, 6.45) is -51.3. The zero-order valence-electron chi connectivity index (χ0n) is 72.2. The fraction of sp³-hybridized carbons (Fsp3) is 0.973. The van der Waals surface area contributed by atoms with Crippen molar-refractivity contribution in [3.05, 3.63) is 12.7 Å². The Hall–Kier alpha value is -0.159. The molecule has 16 heterocycles. The van der Waals surface area contributed by atoms with Crippen molar-refractivity contribution in [1.82, 2.24) is 0 Å². The second kappa shape index (κ2) is 36.5. The molecule has 111 heavy (non-hydrogen) atoms. The summed E-state index contributed by atoms with van der Waals surface area (Å²) in [5.74, 6) is 0. The van der Waals surface area contributed by atoms with Crippen LogP contribution in [0.3, 0.4) is 0 Å². The summed E-state index contributed by atoms with van der Waals surface area (Å²) in [5.41, 5.74) is 0. The zero-order valence-corrected chi connectivity index (χ0v) is 78.2. The van der Waals surface area contributed by atoms with Gasteiger partial charge in [0.1, 0.15) is 146 Å². The molecule has 652 valence electrons. The molecule has 16 rings (SSSR count). The molecule has 16 saturated heterocycles. The molecule has 36 heteroatoms. The van der Waals surface area contributed by atoms with Crippen LogP contribution >= 0.6 is 0 Å². The second-order valence-corrected chi connectivity index (χ2v) is 69.6. The Kier molecular flexibility index (Phi) is 32.2. The molecule has 0 aliphatic carbocycles. The van der Waals surface area contributed by atoms with Crippen LogP contribution in [0.4, 0.5) is 0 Å². The highest BCUT2D eigenvalue weighted by Crippen LogP contribution is 2.47. The van der Waals surface area contributed by atoms with E-state index in [9.17, 15) is 56.2 Å². The molecular formula is C75H148O30Si6. The molecule has 16 aliphatic heterocycles. The molecule has 0 aromatic heterocycles. The van der Waals surface area contributed by atoms with Crippen LogP contribution in [0.2, 0.25) is 109 Å². The van der Waals surface area contributed by atoms with E-state index >= 15 is 0 Å². The summed E-state index contributed by atoms with van der Waals surface area (Å²) in [4.78, 5) is 0. The number of rotatable bonds is 21. The van der Waals surface area contributed by atoms with Crippen LogP contribution in [0, 0.1) is 0 Å². The van der Waals surface area contributed by atoms with Gasteiger partial charge in [-0.25, -0.2) is 0 Å². The third-order valence-corrected chi connectivity index (χ3v) is 53.5. The number of aliphatic hydroxyl groups is 11. The van der Waals surface area contributed by atoms with E-state index in [1.165, 1.54) is 6.08 Å². The molecular weight excluding hydrogens is 1550 g/mol. The number of ether oxygens (including phenoxy) is 13. The Morgan fingerprint density at radius 3 is 0.559 bits per heavy atom. The standard InChI is InChI=1S/C75H148O30Si6/c1-32-33-87-63-56(86)62-45(39-93-111(30,31)75(17,18)19)99-69(63)105-61-44(38-92-110(28,29)74(14,15)16)98-67(55(85)50(61)80)103-59-42(36-90-108(24,25)72(8,9)10)96-65(53(83)48(59)78)101-57-40(34-88-106(20,21)70(2,3)4)94-64(51(81)46(57)76)100-58-41(35-89-107(22,23)71(5,6)7)95-66(52(82)47(58)77)102-60-43(37-91-109(26,27)73(11,12)13)97-68(104-62)54(84)49(60)79/h32,40-69,76-86H,1,33-39H2,2-31H3/t40-,41-,42-,43-,44-,45-,46-,47-,48-,49-,50-,51-,52-,53-,54-,55-,56+,57-,58-,59-,60-,61-,62-,63-,64-,65-,66-,67-,68-,69-/m1/s1. The molecule has 0 aromatic rings. The van der Waals surface area contributed by atoms with Crippen LogP contribution in [0.1, 0.15) is 125 Å². The number of hydrogen-bond acceptors (Lipinski definition) is 30. The topological polar surface area (TPSA) is 398 Å². The highest BCUT2D eigenvalue weighted by Gasteiger charge is 2.61. The Morgan fingerprint density at radius 1 is 0.243 bits per heavy atom. The number of hydrogen-bond donors (Lipinski definition) is 11. The van der Waals surface area contributed by atoms with Crippen molar-refractivity contribution in [3.8, 4) is 0 Å². The van der Waals surface area contributed by atoms with Crippen LogP contribution in [0.5, 0.6) is 0 Å². The van der Waals surface area contributed by atoms with Crippen LogP contribution in [0.25, 0.3) is 0 Å². The summed E-state index contributed by atoms with van der Waals surface area (Å²) >= 11 is 0.